The molecular weight excluding hydrogens is 220 g/mol. The molecule has 2 rings (SSSR count). The summed E-state index contributed by atoms with van der Waals surface area (Å²) in [6.45, 7) is 2.06. The third-order valence-corrected chi connectivity index (χ3v) is 4.17. The van der Waals surface area contributed by atoms with E-state index in [2.05, 4.69) is 15.7 Å². The van der Waals surface area contributed by atoms with Crippen molar-refractivity contribution in [3.63, 3.8) is 0 Å². The van der Waals surface area contributed by atoms with Crippen molar-refractivity contribution >= 4 is 11.3 Å². The van der Waals surface area contributed by atoms with Crippen LogP contribution in [0.4, 0.5) is 0 Å². The molecule has 1 fully saturated rings. The SMILES string of the molecule is OCC1(CNCc2cscn2)CCCCC1. The monoisotopic (exact) mass is 240 g/mol. The Bertz CT molecular complexity index is 294. The van der Waals surface area contributed by atoms with E-state index in [-0.39, 0.29) is 5.41 Å². The van der Waals surface area contributed by atoms with E-state index < -0.39 is 0 Å². The van der Waals surface area contributed by atoms with E-state index in [0.29, 0.717) is 6.61 Å². The molecule has 0 aromatic carbocycles. The minimum Gasteiger partial charge on any atom is -0.396 e. The molecular formula is C12H20N2OS. The van der Waals surface area contributed by atoms with Crippen LogP contribution in [0.3, 0.4) is 0 Å². The highest BCUT2D eigenvalue weighted by atomic mass is 32.1. The van der Waals surface area contributed by atoms with Gasteiger partial charge in [-0.2, -0.15) is 0 Å². The van der Waals surface area contributed by atoms with Crippen LogP contribution in [0, 0.1) is 5.41 Å². The Morgan fingerprint density at radius 1 is 1.38 bits per heavy atom. The van der Waals surface area contributed by atoms with Crippen LogP contribution in [0.5, 0.6) is 0 Å². The van der Waals surface area contributed by atoms with Crippen molar-refractivity contribution in [2.75, 3.05) is 13.2 Å². The second-order valence-corrected chi connectivity index (χ2v) is 5.52. The van der Waals surface area contributed by atoms with Crippen LogP contribution in [0.25, 0.3) is 0 Å². The first kappa shape index (κ1) is 12.0. The number of aliphatic hydroxyl groups is 1. The highest BCUT2D eigenvalue weighted by molar-refractivity contribution is 7.07. The molecule has 3 nitrogen and oxygen atoms in total. The van der Waals surface area contributed by atoms with E-state index in [0.717, 1.165) is 31.6 Å². The van der Waals surface area contributed by atoms with Crippen molar-refractivity contribution in [3.8, 4) is 0 Å². The molecule has 1 aliphatic carbocycles. The zero-order chi connectivity index (χ0) is 11.3. The second kappa shape index (κ2) is 5.75. The summed E-state index contributed by atoms with van der Waals surface area (Å²) < 4.78 is 0. The van der Waals surface area contributed by atoms with Gasteiger partial charge < -0.3 is 10.4 Å². The number of rotatable bonds is 5. The molecule has 90 valence electrons. The number of aliphatic hydroxyl groups excluding tert-OH is 1. The summed E-state index contributed by atoms with van der Waals surface area (Å²) in [6.07, 6.45) is 6.17. The summed E-state index contributed by atoms with van der Waals surface area (Å²) in [7, 11) is 0. The van der Waals surface area contributed by atoms with E-state index in [1.54, 1.807) is 11.3 Å². The molecule has 0 bridgehead atoms. The van der Waals surface area contributed by atoms with Gasteiger partial charge in [-0.1, -0.05) is 19.3 Å². The van der Waals surface area contributed by atoms with Crippen molar-refractivity contribution in [1.82, 2.24) is 10.3 Å². The predicted molar refractivity (Wildman–Crippen MR) is 66.4 cm³/mol. The van der Waals surface area contributed by atoms with Crippen molar-refractivity contribution < 1.29 is 5.11 Å². The maximum Gasteiger partial charge on any atom is 0.0795 e. The molecule has 1 aliphatic rings. The maximum atomic E-state index is 9.55. The lowest BCUT2D eigenvalue weighted by Crippen LogP contribution is -2.38. The smallest absolute Gasteiger partial charge is 0.0795 e. The quantitative estimate of drug-likeness (QED) is 0.829. The van der Waals surface area contributed by atoms with Crippen LogP contribution in [-0.4, -0.2) is 23.2 Å². The molecule has 0 aliphatic heterocycles. The first-order valence-corrected chi connectivity index (χ1v) is 6.98. The van der Waals surface area contributed by atoms with Crippen LogP contribution in [-0.2, 0) is 6.54 Å². The normalized spacial score (nSPS) is 19.8. The highest BCUT2D eigenvalue weighted by Gasteiger charge is 2.30. The Hall–Kier alpha value is -0.450. The largest absolute Gasteiger partial charge is 0.396 e. The van der Waals surface area contributed by atoms with Gasteiger partial charge in [0.25, 0.3) is 0 Å². The fraction of sp³-hybridized carbons (Fsp3) is 0.750. The van der Waals surface area contributed by atoms with Gasteiger partial charge in [-0.25, -0.2) is 4.98 Å². The van der Waals surface area contributed by atoms with E-state index in [4.69, 9.17) is 0 Å². The third kappa shape index (κ3) is 3.03. The average Bonchev–Trinajstić information content (AvgIpc) is 2.83. The number of hydrogen-bond acceptors (Lipinski definition) is 4. The van der Waals surface area contributed by atoms with Gasteiger partial charge in [0.2, 0.25) is 0 Å². The molecule has 0 amide bonds. The molecule has 0 atom stereocenters. The van der Waals surface area contributed by atoms with Crippen LogP contribution in [0.2, 0.25) is 0 Å². The number of aromatic nitrogens is 1. The number of hydrogen-bond donors (Lipinski definition) is 2. The molecule has 4 heteroatoms. The van der Waals surface area contributed by atoms with Gasteiger partial charge in [-0.05, 0) is 12.8 Å². The van der Waals surface area contributed by atoms with Gasteiger partial charge in [-0.15, -0.1) is 11.3 Å². The van der Waals surface area contributed by atoms with Gasteiger partial charge in [0.1, 0.15) is 0 Å². The highest BCUT2D eigenvalue weighted by Crippen LogP contribution is 2.35. The van der Waals surface area contributed by atoms with E-state index in [1.807, 2.05) is 5.51 Å². The Morgan fingerprint density at radius 3 is 2.81 bits per heavy atom. The summed E-state index contributed by atoms with van der Waals surface area (Å²) in [5, 5.41) is 15.0. The van der Waals surface area contributed by atoms with E-state index in [9.17, 15) is 5.11 Å². The van der Waals surface area contributed by atoms with Crippen molar-refractivity contribution in [1.29, 1.82) is 0 Å². The fourth-order valence-corrected chi connectivity index (χ4v) is 3.03. The Labute approximate surface area is 101 Å². The van der Waals surface area contributed by atoms with Gasteiger partial charge in [0, 0.05) is 30.5 Å². The second-order valence-electron chi connectivity index (χ2n) is 4.80. The first-order valence-electron chi connectivity index (χ1n) is 6.03. The Balaban J connectivity index is 1.78. The lowest BCUT2D eigenvalue weighted by atomic mass is 9.74. The molecule has 0 saturated heterocycles. The van der Waals surface area contributed by atoms with Gasteiger partial charge >= 0.3 is 0 Å². The summed E-state index contributed by atoms with van der Waals surface area (Å²) in [5.41, 5.74) is 3.10. The average molecular weight is 240 g/mol. The van der Waals surface area contributed by atoms with Gasteiger partial charge in [0.15, 0.2) is 0 Å². The Morgan fingerprint density at radius 2 is 2.19 bits per heavy atom. The first-order chi connectivity index (χ1) is 7.85. The van der Waals surface area contributed by atoms with Crippen LogP contribution in [0.1, 0.15) is 37.8 Å². The molecule has 0 radical (unpaired) electrons. The zero-order valence-electron chi connectivity index (χ0n) is 9.61. The molecule has 2 N–H and O–H groups in total. The van der Waals surface area contributed by atoms with E-state index in [1.165, 1.54) is 19.3 Å². The molecule has 16 heavy (non-hydrogen) atoms. The lowest BCUT2D eigenvalue weighted by Gasteiger charge is -2.35. The summed E-state index contributed by atoms with van der Waals surface area (Å²) >= 11 is 1.63. The topological polar surface area (TPSA) is 45.1 Å². The standard InChI is InChI=1S/C12H20N2OS/c15-9-12(4-2-1-3-5-12)8-13-6-11-7-16-10-14-11/h7,10,13,15H,1-6,8-9H2. The molecule has 1 heterocycles. The summed E-state index contributed by atoms with van der Waals surface area (Å²) in [5.74, 6) is 0. The summed E-state index contributed by atoms with van der Waals surface area (Å²) in [4.78, 5) is 4.24. The Kier molecular flexibility index (Phi) is 4.32. The van der Waals surface area contributed by atoms with Crippen LogP contribution >= 0.6 is 11.3 Å². The number of nitrogens with one attached hydrogen (secondary N) is 1. The van der Waals surface area contributed by atoms with Gasteiger partial charge in [0.05, 0.1) is 11.2 Å². The third-order valence-electron chi connectivity index (χ3n) is 3.54. The fourth-order valence-electron chi connectivity index (χ4n) is 2.47. The minimum atomic E-state index is 0.133. The van der Waals surface area contributed by atoms with Crippen molar-refractivity contribution in [2.45, 2.75) is 38.6 Å². The molecule has 1 saturated carbocycles. The van der Waals surface area contributed by atoms with E-state index >= 15 is 0 Å². The molecule has 0 spiro atoms. The number of nitrogens with zero attached hydrogens (tertiary/aromatic N) is 1. The van der Waals surface area contributed by atoms with Crippen molar-refractivity contribution in [3.05, 3.63) is 16.6 Å². The van der Waals surface area contributed by atoms with Crippen LogP contribution in [0.15, 0.2) is 10.9 Å². The van der Waals surface area contributed by atoms with Crippen molar-refractivity contribution in [2.24, 2.45) is 5.41 Å². The predicted octanol–water partition coefficient (Wildman–Crippen LogP) is 2.18. The summed E-state index contributed by atoms with van der Waals surface area (Å²) in [6, 6.07) is 0. The molecule has 0 unspecified atom stereocenters. The van der Waals surface area contributed by atoms with Crippen LogP contribution < -0.4 is 5.32 Å². The van der Waals surface area contributed by atoms with Gasteiger partial charge in [-0.3, -0.25) is 0 Å². The maximum absolute atomic E-state index is 9.55. The lowest BCUT2D eigenvalue weighted by molar-refractivity contribution is 0.0810. The molecule has 1 aromatic heterocycles. The number of thiazole rings is 1. The minimum absolute atomic E-state index is 0.133. The molecule has 1 aromatic rings. The zero-order valence-corrected chi connectivity index (χ0v) is 10.4.